The van der Waals surface area contributed by atoms with Gasteiger partial charge in [-0.05, 0) is 25.5 Å². The molecule has 0 aliphatic carbocycles. The Morgan fingerprint density at radius 2 is 2.06 bits per heavy atom. The molecule has 0 spiro atoms. The van der Waals surface area contributed by atoms with Crippen LogP contribution in [0.1, 0.15) is 19.2 Å². The van der Waals surface area contributed by atoms with E-state index in [9.17, 15) is 0 Å². The van der Waals surface area contributed by atoms with Gasteiger partial charge in [-0.1, -0.05) is 13.0 Å². The third-order valence-electron chi connectivity index (χ3n) is 2.20. The van der Waals surface area contributed by atoms with E-state index < -0.39 is 0 Å². The van der Waals surface area contributed by atoms with Gasteiger partial charge in [0.15, 0.2) is 0 Å². The average molecular weight is 229 g/mol. The molecule has 0 atom stereocenters. The summed E-state index contributed by atoms with van der Waals surface area (Å²) in [5.74, 6) is 1.30. The lowest BCUT2D eigenvalue weighted by atomic mass is 10.2. The monoisotopic (exact) mass is 229 g/mol. The smallest absolute Gasteiger partial charge is 0.217 e. The highest BCUT2D eigenvalue weighted by atomic mass is 16.5. The first-order valence-electron chi connectivity index (χ1n) is 5.69. The zero-order valence-electron chi connectivity index (χ0n) is 10.1. The Labute approximate surface area is 101 Å². The van der Waals surface area contributed by atoms with Gasteiger partial charge in [-0.2, -0.15) is 4.98 Å². The number of ether oxygens (including phenoxy) is 1. The zero-order chi connectivity index (χ0) is 12.1. The van der Waals surface area contributed by atoms with Gasteiger partial charge in [0, 0.05) is 12.3 Å². The third kappa shape index (κ3) is 3.00. The van der Waals surface area contributed by atoms with E-state index in [0.29, 0.717) is 18.3 Å². The highest BCUT2D eigenvalue weighted by molar-refractivity contribution is 5.54. The third-order valence-corrected chi connectivity index (χ3v) is 2.20. The standard InChI is InChI=1S/C13H15N3O/c1-3-8-17-13-9-12(15-10(2)16-13)11-6-4-5-7-14-11/h4-7,9H,3,8H2,1-2H3. The second-order valence-electron chi connectivity index (χ2n) is 3.70. The predicted octanol–water partition coefficient (Wildman–Crippen LogP) is 2.64. The molecule has 0 aliphatic rings. The Hall–Kier alpha value is -1.97. The largest absolute Gasteiger partial charge is 0.478 e. The van der Waals surface area contributed by atoms with Crippen LogP contribution in [0, 0.1) is 6.92 Å². The molecular formula is C13H15N3O. The highest BCUT2D eigenvalue weighted by Crippen LogP contribution is 2.18. The molecule has 0 fully saturated rings. The van der Waals surface area contributed by atoms with Crippen molar-refractivity contribution in [1.29, 1.82) is 0 Å². The van der Waals surface area contributed by atoms with Crippen LogP contribution in [-0.2, 0) is 0 Å². The molecule has 0 aliphatic heterocycles. The lowest BCUT2D eigenvalue weighted by Crippen LogP contribution is -2.01. The highest BCUT2D eigenvalue weighted by Gasteiger charge is 2.05. The number of hydrogen-bond donors (Lipinski definition) is 0. The van der Waals surface area contributed by atoms with Crippen LogP contribution in [0.3, 0.4) is 0 Å². The van der Waals surface area contributed by atoms with Gasteiger partial charge < -0.3 is 4.74 Å². The lowest BCUT2D eigenvalue weighted by Gasteiger charge is -2.06. The minimum atomic E-state index is 0.611. The van der Waals surface area contributed by atoms with Crippen molar-refractivity contribution >= 4 is 0 Å². The Bertz CT molecular complexity index is 485. The first kappa shape index (κ1) is 11.5. The van der Waals surface area contributed by atoms with Gasteiger partial charge >= 0.3 is 0 Å². The van der Waals surface area contributed by atoms with E-state index in [-0.39, 0.29) is 0 Å². The Balaban J connectivity index is 2.32. The fourth-order valence-corrected chi connectivity index (χ4v) is 1.47. The number of aromatic nitrogens is 3. The Morgan fingerprint density at radius 1 is 1.18 bits per heavy atom. The normalized spacial score (nSPS) is 10.2. The molecule has 0 unspecified atom stereocenters. The molecule has 0 amide bonds. The molecule has 0 radical (unpaired) electrons. The summed E-state index contributed by atoms with van der Waals surface area (Å²) < 4.78 is 5.52. The molecule has 0 saturated carbocycles. The summed E-state index contributed by atoms with van der Waals surface area (Å²) in [5.41, 5.74) is 1.63. The van der Waals surface area contributed by atoms with Crippen molar-refractivity contribution in [3.63, 3.8) is 0 Å². The van der Waals surface area contributed by atoms with E-state index in [1.165, 1.54) is 0 Å². The van der Waals surface area contributed by atoms with Crippen LogP contribution in [0.25, 0.3) is 11.4 Å². The van der Waals surface area contributed by atoms with Crippen molar-refractivity contribution < 1.29 is 4.74 Å². The minimum absolute atomic E-state index is 0.611. The van der Waals surface area contributed by atoms with Gasteiger partial charge in [0.1, 0.15) is 5.82 Å². The van der Waals surface area contributed by atoms with Crippen molar-refractivity contribution in [3.8, 4) is 17.3 Å². The van der Waals surface area contributed by atoms with Crippen molar-refractivity contribution in [3.05, 3.63) is 36.3 Å². The van der Waals surface area contributed by atoms with Crippen molar-refractivity contribution in [1.82, 2.24) is 15.0 Å². The Morgan fingerprint density at radius 3 is 2.76 bits per heavy atom. The molecule has 2 aromatic heterocycles. The molecule has 4 nitrogen and oxygen atoms in total. The maximum atomic E-state index is 5.52. The summed E-state index contributed by atoms with van der Waals surface area (Å²) in [5, 5.41) is 0. The first-order valence-corrected chi connectivity index (χ1v) is 5.69. The van der Waals surface area contributed by atoms with Gasteiger partial charge in [0.05, 0.1) is 18.0 Å². The second kappa shape index (κ2) is 5.39. The summed E-state index contributed by atoms with van der Waals surface area (Å²) in [6.45, 7) is 4.58. The summed E-state index contributed by atoms with van der Waals surface area (Å²) >= 11 is 0. The quantitative estimate of drug-likeness (QED) is 0.808. The molecule has 88 valence electrons. The van der Waals surface area contributed by atoms with Crippen LogP contribution in [0.2, 0.25) is 0 Å². The van der Waals surface area contributed by atoms with Gasteiger partial charge in [-0.3, -0.25) is 4.98 Å². The lowest BCUT2D eigenvalue weighted by molar-refractivity contribution is 0.304. The topological polar surface area (TPSA) is 47.9 Å². The fraction of sp³-hybridized carbons (Fsp3) is 0.308. The molecule has 0 N–H and O–H groups in total. The van der Waals surface area contributed by atoms with Crippen LogP contribution >= 0.6 is 0 Å². The number of hydrogen-bond acceptors (Lipinski definition) is 4. The number of aryl methyl sites for hydroxylation is 1. The van der Waals surface area contributed by atoms with Crippen LogP contribution in [0.15, 0.2) is 30.5 Å². The summed E-state index contributed by atoms with van der Waals surface area (Å²) in [6, 6.07) is 7.56. The zero-order valence-corrected chi connectivity index (χ0v) is 10.1. The van der Waals surface area contributed by atoms with E-state index in [1.54, 1.807) is 6.20 Å². The minimum Gasteiger partial charge on any atom is -0.478 e. The maximum absolute atomic E-state index is 5.52. The van der Waals surface area contributed by atoms with Gasteiger partial charge in [-0.25, -0.2) is 4.98 Å². The average Bonchev–Trinajstić information content (AvgIpc) is 2.37. The molecular weight excluding hydrogens is 214 g/mol. The predicted molar refractivity (Wildman–Crippen MR) is 65.8 cm³/mol. The molecule has 2 rings (SSSR count). The number of rotatable bonds is 4. The Kier molecular flexibility index (Phi) is 3.65. The molecule has 4 heteroatoms. The van der Waals surface area contributed by atoms with Gasteiger partial charge in [0.2, 0.25) is 5.88 Å². The summed E-state index contributed by atoms with van der Waals surface area (Å²) in [4.78, 5) is 12.9. The van der Waals surface area contributed by atoms with Crippen LogP contribution in [0.4, 0.5) is 0 Å². The molecule has 0 aromatic carbocycles. The van der Waals surface area contributed by atoms with Crippen LogP contribution in [-0.4, -0.2) is 21.6 Å². The molecule has 0 bridgehead atoms. The number of nitrogens with zero attached hydrogens (tertiary/aromatic N) is 3. The van der Waals surface area contributed by atoms with Crippen LogP contribution < -0.4 is 4.74 Å². The van der Waals surface area contributed by atoms with E-state index in [4.69, 9.17) is 4.74 Å². The van der Waals surface area contributed by atoms with E-state index in [0.717, 1.165) is 17.8 Å². The summed E-state index contributed by atoms with van der Waals surface area (Å²) in [7, 11) is 0. The van der Waals surface area contributed by atoms with E-state index in [1.807, 2.05) is 31.2 Å². The molecule has 2 aromatic rings. The van der Waals surface area contributed by atoms with Crippen molar-refractivity contribution in [2.45, 2.75) is 20.3 Å². The van der Waals surface area contributed by atoms with Crippen molar-refractivity contribution in [2.24, 2.45) is 0 Å². The second-order valence-corrected chi connectivity index (χ2v) is 3.70. The fourth-order valence-electron chi connectivity index (χ4n) is 1.47. The van der Waals surface area contributed by atoms with Crippen molar-refractivity contribution in [2.75, 3.05) is 6.61 Å². The van der Waals surface area contributed by atoms with Crippen LogP contribution in [0.5, 0.6) is 5.88 Å². The van der Waals surface area contributed by atoms with E-state index in [2.05, 4.69) is 21.9 Å². The molecule has 17 heavy (non-hydrogen) atoms. The SMILES string of the molecule is CCCOc1cc(-c2ccccn2)nc(C)n1. The first-order chi connectivity index (χ1) is 8.29. The molecule has 0 saturated heterocycles. The molecule has 2 heterocycles. The van der Waals surface area contributed by atoms with Gasteiger partial charge in [-0.15, -0.1) is 0 Å². The van der Waals surface area contributed by atoms with E-state index >= 15 is 0 Å². The maximum Gasteiger partial charge on any atom is 0.217 e. The summed E-state index contributed by atoms with van der Waals surface area (Å²) in [6.07, 6.45) is 2.71. The van der Waals surface area contributed by atoms with Gasteiger partial charge in [0.25, 0.3) is 0 Å². The number of pyridine rings is 1.